The minimum Gasteiger partial charge on any atom is -0.483 e. The predicted molar refractivity (Wildman–Crippen MR) is 387 cm³/mol. The van der Waals surface area contributed by atoms with Gasteiger partial charge >= 0.3 is 35.8 Å². The molecule has 4 aliphatic rings. The predicted octanol–water partition coefficient (Wildman–Crippen LogP) is 22.6. The van der Waals surface area contributed by atoms with E-state index in [4.69, 9.17) is 39.4 Å². The van der Waals surface area contributed by atoms with E-state index in [9.17, 15) is 28.8 Å². The molecule has 0 saturated heterocycles. The van der Waals surface area contributed by atoms with Crippen LogP contribution in [0, 0.1) is 33.0 Å². The summed E-state index contributed by atoms with van der Waals surface area (Å²) in [5, 5.41) is 37.4. The molecule has 4 saturated carbocycles. The Bertz CT molecular complexity index is 1940. The second-order valence-corrected chi connectivity index (χ2v) is 33.7. The third-order valence-electron chi connectivity index (χ3n) is 17.7. The zero-order valence-electron chi connectivity index (χ0n) is 60.7. The molecule has 4 rings (SSSR count). The number of carboxylic acids is 3. The smallest absolute Gasteiger partial charge is 0.312 e. The monoisotopic (exact) mass is 1500 g/mol. The standard InChI is InChI=1S/C24H44O4.C20H37BrO2.C20H36O4.C8H14O2.C2H4Br2.CH2O2/c1-22(2,3)28-21(27)24(18-19-24)17-15-13-11-9-7-6-8-10-12-14-16-23(4,5)20(25)26;1-19(2,3)23-18(22)20(15-16-20)14-12-10-8-6-4-5-7-9-11-13-17-21;1-19(2,17(21)22)13-11-9-7-5-3-4-6-8-10-12-14-20(15-16-20)18(23)24;1-8(2,3)10-7(9)6-4-5-6;3-1-2-4;2-1-3/h6-19H2,1-5H3,(H,25,26);4-17H2,1-3H3;3-16H2,1-2H3,(H,21,22)(H,23,24);6H,4-5H2,1-3H3;1-2H2;1H,(H,2,3). The quantitative estimate of drug-likeness (QED) is 0.0146. The summed E-state index contributed by atoms with van der Waals surface area (Å²) in [5.74, 6) is -1.70. The van der Waals surface area contributed by atoms with Crippen LogP contribution < -0.4 is 0 Å². The molecule has 0 unspecified atom stereocenters. The van der Waals surface area contributed by atoms with Crippen molar-refractivity contribution in [2.45, 2.75) is 383 Å². The van der Waals surface area contributed by atoms with Crippen molar-refractivity contribution in [2.24, 2.45) is 33.0 Å². The van der Waals surface area contributed by atoms with Crippen molar-refractivity contribution < 1.29 is 68.2 Å². The largest absolute Gasteiger partial charge is 0.483 e. The van der Waals surface area contributed by atoms with Gasteiger partial charge in [0.15, 0.2) is 0 Å². The fourth-order valence-electron chi connectivity index (χ4n) is 10.7. The van der Waals surface area contributed by atoms with E-state index in [-0.39, 0.29) is 63.3 Å². The molecule has 0 bridgehead atoms. The summed E-state index contributed by atoms with van der Waals surface area (Å²) in [6, 6.07) is 0. The van der Waals surface area contributed by atoms with E-state index in [1.807, 2.05) is 76.2 Å². The van der Waals surface area contributed by atoms with E-state index in [0.29, 0.717) is 0 Å². The Morgan fingerprint density at radius 2 is 0.598 bits per heavy atom. The number of hydrogen-bond acceptors (Lipinski definition) is 10. The summed E-state index contributed by atoms with van der Waals surface area (Å²) in [6.45, 7) is 24.4. The fraction of sp³-hybridized carbons (Fsp3) is 0.907. The zero-order chi connectivity index (χ0) is 70.4. The molecule has 0 aromatic heterocycles. The van der Waals surface area contributed by atoms with Crippen LogP contribution in [-0.2, 0) is 47.8 Å². The fourth-order valence-corrected chi connectivity index (χ4v) is 11.1. The van der Waals surface area contributed by atoms with E-state index >= 15 is 0 Å². The van der Waals surface area contributed by atoms with Crippen LogP contribution in [0.5, 0.6) is 0 Å². The van der Waals surface area contributed by atoms with Crippen LogP contribution in [-0.4, -0.2) is 95.5 Å². The molecular weight excluding hydrogens is 1360 g/mol. The van der Waals surface area contributed by atoms with Gasteiger partial charge < -0.3 is 34.6 Å². The van der Waals surface area contributed by atoms with Crippen LogP contribution in [0.2, 0.25) is 0 Å². The van der Waals surface area contributed by atoms with Crippen LogP contribution in [0.25, 0.3) is 0 Å². The van der Waals surface area contributed by atoms with Gasteiger partial charge in [-0.15, -0.1) is 0 Å². The SMILES string of the molecule is BrCCBr.CC(C)(C)OC(=O)C1(CCCCCCCCCCCCBr)CC1.CC(C)(C)OC(=O)C1(CCCCCCCCCCCCC(C)(C)C(=O)O)CC1.CC(C)(C)OC(=O)C1CC1.CC(C)(CCCCCCCCCCCCC1(C(=O)O)CC1)C(=O)O.O=CO. The van der Waals surface area contributed by atoms with Crippen molar-refractivity contribution in [1.29, 1.82) is 0 Å². The maximum Gasteiger partial charge on any atom is 0.312 e. The van der Waals surface area contributed by atoms with Crippen molar-refractivity contribution in [3.63, 3.8) is 0 Å². The van der Waals surface area contributed by atoms with Gasteiger partial charge in [-0.1, -0.05) is 234 Å². The summed E-state index contributed by atoms with van der Waals surface area (Å²) in [6.07, 6.45) is 49.7. The zero-order valence-corrected chi connectivity index (χ0v) is 65.4. The summed E-state index contributed by atoms with van der Waals surface area (Å²) in [7, 11) is 0. The van der Waals surface area contributed by atoms with Gasteiger partial charge in [0.1, 0.15) is 16.8 Å². The molecule has 0 aromatic rings. The van der Waals surface area contributed by atoms with Crippen molar-refractivity contribution >= 4 is 90.1 Å². The molecule has 17 heteroatoms. The number of halogens is 3. The lowest BCUT2D eigenvalue weighted by molar-refractivity contribution is -0.163. The second kappa shape index (κ2) is 50.1. The van der Waals surface area contributed by atoms with Gasteiger partial charge in [-0.3, -0.25) is 33.6 Å². The van der Waals surface area contributed by atoms with Gasteiger partial charge in [0.2, 0.25) is 0 Å². The number of esters is 3. The van der Waals surface area contributed by atoms with Gasteiger partial charge in [0.25, 0.3) is 6.47 Å². The van der Waals surface area contributed by atoms with Gasteiger partial charge in [-0.05, 0) is 180 Å². The molecule has 0 amide bonds. The highest BCUT2D eigenvalue weighted by Crippen LogP contribution is 2.53. The third kappa shape index (κ3) is 51.0. The number of carboxylic acid groups (broad SMARTS) is 4. The van der Waals surface area contributed by atoms with Gasteiger partial charge in [-0.2, -0.15) is 0 Å². The van der Waals surface area contributed by atoms with E-state index < -0.39 is 28.7 Å². The molecule has 4 aliphatic carbocycles. The molecule has 0 spiro atoms. The molecular formula is C75H137Br3O14. The molecule has 4 N–H and O–H groups in total. The molecule has 4 fully saturated rings. The first-order chi connectivity index (χ1) is 43.0. The number of ether oxygens (including phenoxy) is 3. The topological polar surface area (TPSA) is 228 Å². The van der Waals surface area contributed by atoms with E-state index in [0.717, 1.165) is 138 Å². The van der Waals surface area contributed by atoms with Crippen molar-refractivity contribution in [3.05, 3.63) is 0 Å². The molecule has 0 aliphatic heterocycles. The highest BCUT2D eigenvalue weighted by Gasteiger charge is 2.52. The normalized spacial score (nSPS) is 15.7. The molecule has 0 atom stereocenters. The first-order valence-corrected chi connectivity index (χ1v) is 39.5. The van der Waals surface area contributed by atoms with Crippen LogP contribution in [0.15, 0.2) is 0 Å². The summed E-state index contributed by atoms with van der Waals surface area (Å²) in [4.78, 5) is 77.0. The Labute approximate surface area is 586 Å². The van der Waals surface area contributed by atoms with Crippen molar-refractivity contribution in [1.82, 2.24) is 0 Å². The first kappa shape index (κ1) is 91.8. The van der Waals surface area contributed by atoms with E-state index in [1.165, 1.54) is 154 Å². The summed E-state index contributed by atoms with van der Waals surface area (Å²) in [5.41, 5.74) is -2.79. The molecule has 0 heterocycles. The summed E-state index contributed by atoms with van der Waals surface area (Å²) >= 11 is 9.88. The minimum absolute atomic E-state index is 0.0201. The van der Waals surface area contributed by atoms with E-state index in [2.05, 4.69) is 47.8 Å². The Kier molecular flexibility index (Phi) is 50.0. The number of rotatable bonds is 45. The van der Waals surface area contributed by atoms with Crippen LogP contribution in [0.4, 0.5) is 0 Å². The average Bonchev–Trinajstić information content (AvgIpc) is 1.71. The number of hydrogen-bond donors (Lipinski definition) is 4. The highest BCUT2D eigenvalue weighted by molar-refractivity contribution is 9.12. The number of aliphatic carboxylic acids is 3. The highest BCUT2D eigenvalue weighted by atomic mass is 79.9. The first-order valence-electron chi connectivity index (χ1n) is 36.2. The lowest BCUT2D eigenvalue weighted by Gasteiger charge is -2.23. The van der Waals surface area contributed by atoms with Crippen molar-refractivity contribution in [2.75, 3.05) is 16.0 Å². The third-order valence-corrected chi connectivity index (χ3v) is 20.1. The lowest BCUT2D eigenvalue weighted by atomic mass is 9.87. The number of carbonyl (C=O) groups is 7. The molecule has 92 heavy (non-hydrogen) atoms. The van der Waals surface area contributed by atoms with Crippen LogP contribution in [0.3, 0.4) is 0 Å². The molecule has 0 aromatic carbocycles. The van der Waals surface area contributed by atoms with Gasteiger partial charge in [0.05, 0.1) is 33.0 Å². The van der Waals surface area contributed by atoms with Crippen LogP contribution >= 0.6 is 47.8 Å². The number of unbranched alkanes of at least 4 members (excludes halogenated alkanes) is 27. The number of carbonyl (C=O) groups excluding carboxylic acids is 3. The second-order valence-electron chi connectivity index (χ2n) is 31.4. The maximum atomic E-state index is 12.3. The van der Waals surface area contributed by atoms with Gasteiger partial charge in [0, 0.05) is 16.0 Å². The Morgan fingerprint density at radius 3 is 0.793 bits per heavy atom. The Morgan fingerprint density at radius 1 is 0.370 bits per heavy atom. The molecule has 0 radical (unpaired) electrons. The van der Waals surface area contributed by atoms with E-state index in [1.54, 1.807) is 13.8 Å². The molecule has 14 nitrogen and oxygen atoms in total. The Balaban J connectivity index is 0. The Hall–Kier alpha value is -2.27. The lowest BCUT2D eigenvalue weighted by Crippen LogP contribution is -2.29. The number of alkyl halides is 3. The van der Waals surface area contributed by atoms with Crippen molar-refractivity contribution in [3.8, 4) is 0 Å². The van der Waals surface area contributed by atoms with Crippen LogP contribution in [0.1, 0.15) is 366 Å². The maximum absolute atomic E-state index is 12.3. The average molecular weight is 1500 g/mol. The van der Waals surface area contributed by atoms with Gasteiger partial charge in [-0.25, -0.2) is 0 Å². The molecule has 542 valence electrons. The minimum atomic E-state index is -0.696. The summed E-state index contributed by atoms with van der Waals surface area (Å²) < 4.78 is 16.3.